The predicted molar refractivity (Wildman–Crippen MR) is 69.4 cm³/mol. The van der Waals surface area contributed by atoms with E-state index in [4.69, 9.17) is 0 Å². The highest BCUT2D eigenvalue weighted by molar-refractivity contribution is 7.13. The summed E-state index contributed by atoms with van der Waals surface area (Å²) in [4.78, 5) is 4.25. The predicted octanol–water partition coefficient (Wildman–Crippen LogP) is 3.59. The third kappa shape index (κ3) is 2.91. The van der Waals surface area contributed by atoms with E-state index in [0.717, 1.165) is 5.69 Å². The van der Waals surface area contributed by atoms with Gasteiger partial charge in [-0.05, 0) is 12.1 Å². The molecule has 0 aliphatic carbocycles. The lowest BCUT2D eigenvalue weighted by atomic mass is 10.2. The van der Waals surface area contributed by atoms with E-state index in [1.165, 1.54) is 29.5 Å². The molecule has 0 saturated heterocycles. The lowest BCUT2D eigenvalue weighted by Crippen LogP contribution is -2.21. The lowest BCUT2D eigenvalue weighted by Gasteiger charge is -2.05. The van der Waals surface area contributed by atoms with Gasteiger partial charge in [0, 0.05) is 18.0 Å². The molecule has 0 spiro atoms. The van der Waals surface area contributed by atoms with Gasteiger partial charge in [0.15, 0.2) is 0 Å². The van der Waals surface area contributed by atoms with Gasteiger partial charge in [-0.2, -0.15) is 0 Å². The standard InChI is InChI=1S/C13H14F2N2S/c1-8(2)16-6-9-7-18-13(17-9)12-10(14)4-3-5-11(12)15/h3-5,7-8,16H,6H2,1-2H3. The Labute approximate surface area is 109 Å². The summed E-state index contributed by atoms with van der Waals surface area (Å²) in [5.74, 6) is -1.15. The van der Waals surface area contributed by atoms with Crippen LogP contribution in [-0.4, -0.2) is 11.0 Å². The van der Waals surface area contributed by atoms with Crippen LogP contribution in [0.4, 0.5) is 8.78 Å². The van der Waals surface area contributed by atoms with E-state index in [0.29, 0.717) is 17.6 Å². The summed E-state index contributed by atoms with van der Waals surface area (Å²) in [6.45, 7) is 4.66. The zero-order valence-corrected chi connectivity index (χ0v) is 11.0. The molecular formula is C13H14F2N2S. The number of halogens is 2. The Morgan fingerprint density at radius 1 is 1.28 bits per heavy atom. The molecule has 18 heavy (non-hydrogen) atoms. The van der Waals surface area contributed by atoms with Crippen molar-refractivity contribution in [2.75, 3.05) is 0 Å². The van der Waals surface area contributed by atoms with E-state index in [1.807, 2.05) is 19.2 Å². The molecular weight excluding hydrogens is 254 g/mol. The molecule has 1 N–H and O–H groups in total. The summed E-state index contributed by atoms with van der Waals surface area (Å²) in [6, 6.07) is 4.18. The van der Waals surface area contributed by atoms with Crippen LogP contribution >= 0.6 is 11.3 Å². The van der Waals surface area contributed by atoms with Gasteiger partial charge in [0.2, 0.25) is 0 Å². The number of nitrogens with one attached hydrogen (secondary N) is 1. The van der Waals surface area contributed by atoms with Crippen LogP contribution in [0.5, 0.6) is 0 Å². The zero-order chi connectivity index (χ0) is 13.1. The number of aromatic nitrogens is 1. The molecule has 2 rings (SSSR count). The highest BCUT2D eigenvalue weighted by atomic mass is 32.1. The molecule has 0 amide bonds. The molecule has 0 atom stereocenters. The Morgan fingerprint density at radius 2 is 1.94 bits per heavy atom. The van der Waals surface area contributed by atoms with Gasteiger partial charge >= 0.3 is 0 Å². The summed E-state index contributed by atoms with van der Waals surface area (Å²) in [7, 11) is 0. The molecule has 0 unspecified atom stereocenters. The molecule has 96 valence electrons. The third-order valence-electron chi connectivity index (χ3n) is 2.42. The van der Waals surface area contributed by atoms with Crippen LogP contribution in [0.2, 0.25) is 0 Å². The average molecular weight is 268 g/mol. The van der Waals surface area contributed by atoms with Crippen molar-refractivity contribution in [1.82, 2.24) is 10.3 Å². The van der Waals surface area contributed by atoms with Crippen LogP contribution in [0, 0.1) is 11.6 Å². The van der Waals surface area contributed by atoms with E-state index >= 15 is 0 Å². The topological polar surface area (TPSA) is 24.9 Å². The number of benzene rings is 1. The van der Waals surface area contributed by atoms with E-state index < -0.39 is 11.6 Å². The first-order valence-corrected chi connectivity index (χ1v) is 6.58. The monoisotopic (exact) mass is 268 g/mol. The molecule has 0 bridgehead atoms. The number of rotatable bonds is 4. The highest BCUT2D eigenvalue weighted by Crippen LogP contribution is 2.28. The van der Waals surface area contributed by atoms with Gasteiger partial charge in [-0.3, -0.25) is 0 Å². The Kier molecular flexibility index (Phi) is 4.04. The van der Waals surface area contributed by atoms with Crippen molar-refractivity contribution < 1.29 is 8.78 Å². The molecule has 5 heteroatoms. The molecule has 0 aliphatic heterocycles. The van der Waals surface area contributed by atoms with Crippen molar-refractivity contribution >= 4 is 11.3 Å². The van der Waals surface area contributed by atoms with E-state index in [2.05, 4.69) is 10.3 Å². The van der Waals surface area contributed by atoms with Crippen molar-refractivity contribution in [1.29, 1.82) is 0 Å². The fourth-order valence-electron chi connectivity index (χ4n) is 1.51. The molecule has 1 aromatic heterocycles. The first kappa shape index (κ1) is 13.1. The van der Waals surface area contributed by atoms with Crippen molar-refractivity contribution in [3.8, 4) is 10.6 Å². The highest BCUT2D eigenvalue weighted by Gasteiger charge is 2.14. The fraction of sp³-hybridized carbons (Fsp3) is 0.308. The van der Waals surface area contributed by atoms with Crippen LogP contribution in [0.15, 0.2) is 23.6 Å². The van der Waals surface area contributed by atoms with Crippen molar-refractivity contribution in [2.45, 2.75) is 26.4 Å². The molecule has 2 nitrogen and oxygen atoms in total. The summed E-state index contributed by atoms with van der Waals surface area (Å²) in [6.07, 6.45) is 0. The summed E-state index contributed by atoms with van der Waals surface area (Å²) < 4.78 is 27.1. The Morgan fingerprint density at radius 3 is 2.56 bits per heavy atom. The number of nitrogens with zero attached hydrogens (tertiary/aromatic N) is 1. The summed E-state index contributed by atoms with van der Waals surface area (Å²) in [5, 5.41) is 5.41. The van der Waals surface area contributed by atoms with Gasteiger partial charge < -0.3 is 5.32 Å². The molecule has 0 fully saturated rings. The van der Waals surface area contributed by atoms with Crippen LogP contribution in [0.1, 0.15) is 19.5 Å². The lowest BCUT2D eigenvalue weighted by molar-refractivity contribution is 0.581. The second kappa shape index (κ2) is 5.54. The van der Waals surface area contributed by atoms with Crippen molar-refractivity contribution in [3.63, 3.8) is 0 Å². The Hall–Kier alpha value is -1.33. The van der Waals surface area contributed by atoms with Crippen LogP contribution in [0.3, 0.4) is 0 Å². The second-order valence-electron chi connectivity index (χ2n) is 4.28. The number of thiazole rings is 1. The fourth-order valence-corrected chi connectivity index (χ4v) is 2.38. The minimum Gasteiger partial charge on any atom is -0.309 e. The maximum atomic E-state index is 13.6. The molecule has 1 aromatic carbocycles. The number of hydrogen-bond acceptors (Lipinski definition) is 3. The van der Waals surface area contributed by atoms with E-state index in [-0.39, 0.29) is 5.56 Å². The van der Waals surface area contributed by atoms with Crippen molar-refractivity contribution in [3.05, 3.63) is 40.9 Å². The third-order valence-corrected chi connectivity index (χ3v) is 3.33. The first-order valence-electron chi connectivity index (χ1n) is 5.70. The molecule has 1 heterocycles. The van der Waals surface area contributed by atoms with Crippen LogP contribution in [-0.2, 0) is 6.54 Å². The van der Waals surface area contributed by atoms with Gasteiger partial charge in [0.05, 0.1) is 11.3 Å². The van der Waals surface area contributed by atoms with Gasteiger partial charge in [-0.25, -0.2) is 13.8 Å². The SMILES string of the molecule is CC(C)NCc1csc(-c2c(F)cccc2F)n1. The maximum Gasteiger partial charge on any atom is 0.136 e. The van der Waals surface area contributed by atoms with Crippen LogP contribution < -0.4 is 5.32 Å². The Bertz CT molecular complexity index is 517. The largest absolute Gasteiger partial charge is 0.309 e. The normalized spacial score (nSPS) is 11.2. The van der Waals surface area contributed by atoms with Gasteiger partial charge in [0.25, 0.3) is 0 Å². The Balaban J connectivity index is 2.24. The zero-order valence-electron chi connectivity index (χ0n) is 10.2. The van der Waals surface area contributed by atoms with E-state index in [9.17, 15) is 8.78 Å². The van der Waals surface area contributed by atoms with Crippen molar-refractivity contribution in [2.24, 2.45) is 0 Å². The summed E-state index contributed by atoms with van der Waals surface area (Å²) in [5.41, 5.74) is 0.754. The minimum absolute atomic E-state index is 0.0432. The summed E-state index contributed by atoms with van der Waals surface area (Å²) >= 11 is 1.25. The average Bonchev–Trinajstić information content (AvgIpc) is 2.75. The van der Waals surface area contributed by atoms with Crippen LogP contribution in [0.25, 0.3) is 10.6 Å². The van der Waals surface area contributed by atoms with Gasteiger partial charge in [-0.15, -0.1) is 11.3 Å². The maximum absolute atomic E-state index is 13.6. The smallest absolute Gasteiger partial charge is 0.136 e. The molecule has 0 radical (unpaired) electrons. The second-order valence-corrected chi connectivity index (χ2v) is 5.13. The molecule has 0 aliphatic rings. The first-order chi connectivity index (χ1) is 8.58. The molecule has 2 aromatic rings. The van der Waals surface area contributed by atoms with E-state index in [1.54, 1.807) is 0 Å². The van der Waals surface area contributed by atoms with Gasteiger partial charge in [-0.1, -0.05) is 19.9 Å². The number of hydrogen-bond donors (Lipinski definition) is 1. The molecule has 0 saturated carbocycles. The minimum atomic E-state index is -0.576. The van der Waals surface area contributed by atoms with Gasteiger partial charge in [0.1, 0.15) is 16.6 Å². The quantitative estimate of drug-likeness (QED) is 0.916.